The lowest BCUT2D eigenvalue weighted by Crippen LogP contribution is -2.39. The minimum Gasteiger partial charge on any atom is -0.338 e. The number of aromatic amines is 1. The Labute approximate surface area is 141 Å². The molecule has 1 unspecified atom stereocenters. The molecule has 8 heteroatoms. The van der Waals surface area contributed by atoms with Gasteiger partial charge in [-0.15, -0.1) is 0 Å². The van der Waals surface area contributed by atoms with Crippen LogP contribution in [0.2, 0.25) is 0 Å². The Balaban J connectivity index is 1.78. The van der Waals surface area contributed by atoms with Gasteiger partial charge in [-0.25, -0.2) is 9.37 Å². The fourth-order valence-electron chi connectivity index (χ4n) is 3.05. The molecule has 0 saturated carbocycles. The first-order chi connectivity index (χ1) is 11.8. The molecule has 1 fully saturated rings. The van der Waals surface area contributed by atoms with Crippen molar-refractivity contribution in [2.45, 2.75) is 31.9 Å². The molecule has 1 aromatic carbocycles. The fourth-order valence-corrected chi connectivity index (χ4v) is 3.05. The second-order valence-electron chi connectivity index (χ2n) is 6.25. The van der Waals surface area contributed by atoms with E-state index < -0.39 is 23.6 Å². The number of carbonyl (C=O) groups is 1. The number of aromatic nitrogens is 2. The Kier molecular flexibility index (Phi) is 4.53. The molecule has 1 aromatic heterocycles. The monoisotopic (exact) mass is 355 g/mol. The van der Waals surface area contributed by atoms with Gasteiger partial charge >= 0.3 is 6.18 Å². The first-order valence-electron chi connectivity index (χ1n) is 7.93. The van der Waals surface area contributed by atoms with Gasteiger partial charge in [0, 0.05) is 19.0 Å². The number of nitrogens with one attached hydrogen (secondary N) is 1. The van der Waals surface area contributed by atoms with Gasteiger partial charge in [0.2, 0.25) is 0 Å². The van der Waals surface area contributed by atoms with Crippen molar-refractivity contribution in [3.63, 3.8) is 0 Å². The normalized spacial score (nSPS) is 18.4. The molecule has 4 nitrogen and oxygen atoms in total. The highest BCUT2D eigenvalue weighted by Crippen LogP contribution is 2.31. The van der Waals surface area contributed by atoms with Crippen LogP contribution in [0.4, 0.5) is 17.6 Å². The summed E-state index contributed by atoms with van der Waals surface area (Å²) in [7, 11) is 0. The zero-order chi connectivity index (χ0) is 18.2. The Morgan fingerprint density at radius 1 is 1.36 bits per heavy atom. The summed E-state index contributed by atoms with van der Waals surface area (Å²) in [6, 6.07) is 4.30. The Hall–Kier alpha value is -2.38. The van der Waals surface area contributed by atoms with Crippen LogP contribution in [0.15, 0.2) is 24.4 Å². The summed E-state index contributed by atoms with van der Waals surface area (Å²) in [4.78, 5) is 20.2. The van der Waals surface area contributed by atoms with Crippen LogP contribution in [-0.2, 0) is 6.18 Å². The highest BCUT2D eigenvalue weighted by atomic mass is 19.4. The van der Waals surface area contributed by atoms with Crippen molar-refractivity contribution >= 4 is 5.91 Å². The van der Waals surface area contributed by atoms with Crippen molar-refractivity contribution in [3.8, 4) is 0 Å². The zero-order valence-electron chi connectivity index (χ0n) is 13.5. The number of alkyl halides is 3. The van der Waals surface area contributed by atoms with Crippen LogP contribution in [0.25, 0.3) is 0 Å². The molecular weight excluding hydrogens is 338 g/mol. The highest BCUT2D eigenvalue weighted by Gasteiger charge is 2.35. The third kappa shape index (κ3) is 3.67. The summed E-state index contributed by atoms with van der Waals surface area (Å²) in [5.74, 6) is -1.18. The molecule has 0 aliphatic carbocycles. The molecule has 0 spiro atoms. The molecule has 2 aromatic rings. The van der Waals surface area contributed by atoms with Crippen molar-refractivity contribution in [2.24, 2.45) is 0 Å². The molecule has 1 saturated heterocycles. The van der Waals surface area contributed by atoms with E-state index in [1.165, 1.54) is 17.0 Å². The predicted molar refractivity (Wildman–Crippen MR) is 82.6 cm³/mol. The van der Waals surface area contributed by atoms with Crippen LogP contribution in [0, 0.1) is 12.7 Å². The van der Waals surface area contributed by atoms with Crippen LogP contribution in [0.1, 0.15) is 46.2 Å². The van der Waals surface area contributed by atoms with Gasteiger partial charge in [0.15, 0.2) is 0 Å². The van der Waals surface area contributed by atoms with Crippen molar-refractivity contribution in [1.82, 2.24) is 14.9 Å². The van der Waals surface area contributed by atoms with Gasteiger partial charge in [-0.3, -0.25) is 4.79 Å². The van der Waals surface area contributed by atoms with Gasteiger partial charge in [-0.1, -0.05) is 11.6 Å². The summed E-state index contributed by atoms with van der Waals surface area (Å²) in [6.45, 7) is 2.41. The quantitative estimate of drug-likeness (QED) is 0.831. The lowest BCUT2D eigenvalue weighted by molar-refractivity contribution is -0.141. The number of amides is 1. The summed E-state index contributed by atoms with van der Waals surface area (Å²) < 4.78 is 52.0. The molecule has 1 amide bonds. The Bertz CT molecular complexity index is 784. The summed E-state index contributed by atoms with van der Waals surface area (Å²) in [5, 5.41) is 0. The molecule has 1 aliphatic rings. The van der Waals surface area contributed by atoms with Gasteiger partial charge in [-0.2, -0.15) is 13.2 Å². The largest absolute Gasteiger partial charge is 0.432 e. The number of likely N-dealkylation sites (tertiary alicyclic amines) is 1. The number of hydrogen-bond acceptors (Lipinski definition) is 2. The van der Waals surface area contributed by atoms with E-state index in [2.05, 4.69) is 9.97 Å². The molecule has 3 rings (SSSR count). The molecule has 134 valence electrons. The lowest BCUT2D eigenvalue weighted by atomic mass is 9.96. The van der Waals surface area contributed by atoms with Gasteiger partial charge in [0.1, 0.15) is 17.3 Å². The van der Waals surface area contributed by atoms with Gasteiger partial charge in [0.25, 0.3) is 5.91 Å². The molecule has 2 heterocycles. The number of halogens is 4. The third-order valence-corrected chi connectivity index (χ3v) is 4.35. The Morgan fingerprint density at radius 2 is 2.12 bits per heavy atom. The Morgan fingerprint density at radius 3 is 2.80 bits per heavy atom. The first kappa shape index (κ1) is 17.4. The SMILES string of the molecule is Cc1ccc(F)c(C(=O)N2CCCC(c3ncc(C(F)(F)F)[nH]3)C2)c1. The second-order valence-corrected chi connectivity index (χ2v) is 6.25. The van der Waals surface area contributed by atoms with E-state index in [0.717, 1.165) is 11.8 Å². The number of piperidine rings is 1. The van der Waals surface area contributed by atoms with Crippen LogP contribution in [0.3, 0.4) is 0 Å². The van der Waals surface area contributed by atoms with E-state index in [0.29, 0.717) is 19.4 Å². The van der Waals surface area contributed by atoms with Crippen molar-refractivity contribution in [2.75, 3.05) is 13.1 Å². The summed E-state index contributed by atoms with van der Waals surface area (Å²) in [5.41, 5.74) is -0.161. The van der Waals surface area contributed by atoms with Crippen LogP contribution in [-0.4, -0.2) is 33.9 Å². The van der Waals surface area contributed by atoms with Crippen LogP contribution < -0.4 is 0 Å². The van der Waals surface area contributed by atoms with E-state index in [9.17, 15) is 22.4 Å². The molecule has 0 bridgehead atoms. The van der Waals surface area contributed by atoms with E-state index in [1.807, 2.05) is 0 Å². The average Bonchev–Trinajstić information content (AvgIpc) is 3.07. The molecule has 1 N–H and O–H groups in total. The standard InChI is InChI=1S/C17H17F4N3O/c1-10-4-5-13(18)12(7-10)16(25)24-6-2-3-11(9-24)15-22-8-14(23-15)17(19,20)21/h4-5,7-8,11H,2-3,6,9H2,1H3,(H,22,23). The third-order valence-electron chi connectivity index (χ3n) is 4.35. The molecule has 1 aliphatic heterocycles. The number of rotatable bonds is 2. The minimum absolute atomic E-state index is 0.0175. The van der Waals surface area contributed by atoms with Crippen molar-refractivity contribution in [3.05, 3.63) is 52.9 Å². The van der Waals surface area contributed by atoms with E-state index in [-0.39, 0.29) is 23.9 Å². The fraction of sp³-hybridized carbons (Fsp3) is 0.412. The molecule has 1 atom stereocenters. The summed E-state index contributed by atoms with van der Waals surface area (Å²) >= 11 is 0. The number of nitrogens with zero attached hydrogens (tertiary/aromatic N) is 2. The minimum atomic E-state index is -4.49. The van der Waals surface area contributed by atoms with E-state index >= 15 is 0 Å². The van der Waals surface area contributed by atoms with Gasteiger partial charge < -0.3 is 9.88 Å². The number of carbonyl (C=O) groups excluding carboxylic acids is 1. The van der Waals surface area contributed by atoms with E-state index in [4.69, 9.17) is 0 Å². The first-order valence-corrected chi connectivity index (χ1v) is 7.93. The van der Waals surface area contributed by atoms with Gasteiger partial charge in [-0.05, 0) is 31.9 Å². The van der Waals surface area contributed by atoms with Crippen molar-refractivity contribution in [1.29, 1.82) is 0 Å². The predicted octanol–water partition coefficient (Wildman–Crippen LogP) is 3.90. The molecule has 0 radical (unpaired) electrons. The van der Waals surface area contributed by atoms with E-state index in [1.54, 1.807) is 13.0 Å². The number of benzene rings is 1. The maximum atomic E-state index is 13.9. The number of hydrogen-bond donors (Lipinski definition) is 1. The average molecular weight is 355 g/mol. The van der Waals surface area contributed by atoms with Crippen LogP contribution in [0.5, 0.6) is 0 Å². The number of aryl methyl sites for hydroxylation is 1. The molecule has 25 heavy (non-hydrogen) atoms. The topological polar surface area (TPSA) is 49.0 Å². The summed E-state index contributed by atoms with van der Waals surface area (Å²) in [6.07, 6.45) is -2.49. The smallest absolute Gasteiger partial charge is 0.338 e. The zero-order valence-corrected chi connectivity index (χ0v) is 13.5. The maximum absolute atomic E-state index is 13.9. The lowest BCUT2D eigenvalue weighted by Gasteiger charge is -2.32. The maximum Gasteiger partial charge on any atom is 0.432 e. The highest BCUT2D eigenvalue weighted by molar-refractivity contribution is 5.94. The number of imidazole rings is 1. The van der Waals surface area contributed by atoms with Crippen LogP contribution >= 0.6 is 0 Å². The second kappa shape index (κ2) is 6.50. The van der Waals surface area contributed by atoms with Gasteiger partial charge in [0.05, 0.1) is 11.8 Å². The van der Waals surface area contributed by atoms with Crippen molar-refractivity contribution < 1.29 is 22.4 Å². The molecular formula is C17H17F4N3O. The number of H-pyrrole nitrogens is 1.